The third-order valence-electron chi connectivity index (χ3n) is 3.17. The number of ether oxygens (including phenoxy) is 1. The molecule has 2 N–H and O–H groups in total. The van der Waals surface area contributed by atoms with Gasteiger partial charge in [0.1, 0.15) is 11.9 Å². The van der Waals surface area contributed by atoms with Gasteiger partial charge >= 0.3 is 0 Å². The number of nitrogens with zero attached hydrogens (tertiary/aromatic N) is 1. The average Bonchev–Trinajstić information content (AvgIpc) is 2.46. The van der Waals surface area contributed by atoms with Crippen molar-refractivity contribution < 1.29 is 4.74 Å². The fourth-order valence-corrected chi connectivity index (χ4v) is 2.05. The van der Waals surface area contributed by atoms with Crippen LogP contribution >= 0.6 is 0 Å². The molecule has 0 saturated carbocycles. The van der Waals surface area contributed by atoms with E-state index in [1.54, 1.807) is 0 Å². The second-order valence-electron chi connectivity index (χ2n) is 5.18. The first-order chi connectivity index (χ1) is 9.65. The zero-order valence-electron chi connectivity index (χ0n) is 12.1. The minimum absolute atomic E-state index is 0.0576. The maximum absolute atomic E-state index is 6.12. The normalized spacial score (nSPS) is 12.3. The standard InChI is InChI=1S/C17H22N2O/c1-19(2)13-12-17(14-6-4-3-5-7-14)20-16-10-8-15(18)9-11-16/h3-11,17H,12-13,18H2,1-2H3. The third-order valence-corrected chi connectivity index (χ3v) is 3.17. The Morgan fingerprint density at radius 3 is 2.25 bits per heavy atom. The topological polar surface area (TPSA) is 38.5 Å². The van der Waals surface area contributed by atoms with Crippen LogP contribution in [-0.4, -0.2) is 25.5 Å². The van der Waals surface area contributed by atoms with Crippen molar-refractivity contribution in [3.63, 3.8) is 0 Å². The van der Waals surface area contributed by atoms with E-state index in [2.05, 4.69) is 31.1 Å². The van der Waals surface area contributed by atoms with Gasteiger partial charge in [0.2, 0.25) is 0 Å². The summed E-state index contributed by atoms with van der Waals surface area (Å²) >= 11 is 0. The van der Waals surface area contributed by atoms with Crippen LogP contribution in [0.1, 0.15) is 18.1 Å². The van der Waals surface area contributed by atoms with Crippen LogP contribution in [0.4, 0.5) is 5.69 Å². The van der Waals surface area contributed by atoms with Gasteiger partial charge in [-0.3, -0.25) is 0 Å². The Morgan fingerprint density at radius 1 is 1.00 bits per heavy atom. The molecule has 3 heteroatoms. The van der Waals surface area contributed by atoms with Gasteiger partial charge in [0.05, 0.1) is 0 Å². The van der Waals surface area contributed by atoms with Gasteiger partial charge in [-0.1, -0.05) is 30.3 Å². The lowest BCUT2D eigenvalue weighted by atomic mass is 10.1. The zero-order chi connectivity index (χ0) is 14.4. The number of hydrogen-bond donors (Lipinski definition) is 1. The summed E-state index contributed by atoms with van der Waals surface area (Å²) in [6, 6.07) is 17.9. The molecule has 0 aliphatic carbocycles. The van der Waals surface area contributed by atoms with E-state index in [0.717, 1.165) is 24.4 Å². The Bertz CT molecular complexity index is 508. The molecule has 0 saturated heterocycles. The van der Waals surface area contributed by atoms with Gasteiger partial charge in [0, 0.05) is 18.7 Å². The maximum Gasteiger partial charge on any atom is 0.125 e. The molecule has 0 fully saturated rings. The fraction of sp³-hybridized carbons (Fsp3) is 0.294. The number of anilines is 1. The van der Waals surface area contributed by atoms with Crippen LogP contribution in [0.25, 0.3) is 0 Å². The summed E-state index contributed by atoms with van der Waals surface area (Å²) in [6.45, 7) is 0.981. The smallest absolute Gasteiger partial charge is 0.125 e. The van der Waals surface area contributed by atoms with Crippen molar-refractivity contribution in [2.24, 2.45) is 0 Å². The predicted molar refractivity (Wildman–Crippen MR) is 83.8 cm³/mol. The average molecular weight is 270 g/mol. The Morgan fingerprint density at radius 2 is 1.65 bits per heavy atom. The maximum atomic E-state index is 6.12. The lowest BCUT2D eigenvalue weighted by Crippen LogP contribution is -2.18. The van der Waals surface area contributed by atoms with Crippen LogP contribution in [0, 0.1) is 0 Å². The molecule has 2 aromatic carbocycles. The molecular weight excluding hydrogens is 248 g/mol. The molecule has 0 aliphatic rings. The van der Waals surface area contributed by atoms with E-state index in [-0.39, 0.29) is 6.10 Å². The molecular formula is C17H22N2O. The van der Waals surface area contributed by atoms with Crippen molar-refractivity contribution in [2.45, 2.75) is 12.5 Å². The first kappa shape index (κ1) is 14.4. The molecule has 1 unspecified atom stereocenters. The Hall–Kier alpha value is -2.00. The Kier molecular flexibility index (Phi) is 5.02. The van der Waals surface area contributed by atoms with Gasteiger partial charge < -0.3 is 15.4 Å². The molecule has 2 rings (SSSR count). The second-order valence-corrected chi connectivity index (χ2v) is 5.18. The van der Waals surface area contributed by atoms with Gasteiger partial charge in [-0.15, -0.1) is 0 Å². The van der Waals surface area contributed by atoms with Crippen molar-refractivity contribution in [2.75, 3.05) is 26.4 Å². The highest BCUT2D eigenvalue weighted by Gasteiger charge is 2.13. The van der Waals surface area contributed by atoms with Crippen LogP contribution in [0.2, 0.25) is 0 Å². The molecule has 0 aromatic heterocycles. The number of benzene rings is 2. The molecule has 0 amide bonds. The summed E-state index contributed by atoms with van der Waals surface area (Å²) in [6.07, 6.45) is 1.00. The number of hydrogen-bond acceptors (Lipinski definition) is 3. The van der Waals surface area contributed by atoms with Gasteiger partial charge in [-0.25, -0.2) is 0 Å². The highest BCUT2D eigenvalue weighted by Crippen LogP contribution is 2.25. The lowest BCUT2D eigenvalue weighted by Gasteiger charge is -2.21. The van der Waals surface area contributed by atoms with Crippen molar-refractivity contribution in [3.8, 4) is 5.75 Å². The summed E-state index contributed by atoms with van der Waals surface area (Å²) in [5.74, 6) is 0.854. The number of rotatable bonds is 6. The molecule has 1 atom stereocenters. The van der Waals surface area contributed by atoms with Crippen LogP contribution in [0.5, 0.6) is 5.75 Å². The molecule has 2 aromatic rings. The highest BCUT2D eigenvalue weighted by molar-refractivity contribution is 5.41. The van der Waals surface area contributed by atoms with Crippen LogP contribution in [0.15, 0.2) is 54.6 Å². The van der Waals surface area contributed by atoms with E-state index in [1.165, 1.54) is 5.56 Å². The zero-order valence-corrected chi connectivity index (χ0v) is 12.1. The van der Waals surface area contributed by atoms with Crippen molar-refractivity contribution in [3.05, 3.63) is 60.2 Å². The third kappa shape index (κ3) is 4.28. The fourth-order valence-electron chi connectivity index (χ4n) is 2.05. The minimum Gasteiger partial charge on any atom is -0.486 e. The molecule has 106 valence electrons. The SMILES string of the molecule is CN(C)CCC(Oc1ccc(N)cc1)c1ccccc1. The molecule has 0 spiro atoms. The van der Waals surface area contributed by atoms with Gasteiger partial charge in [0.25, 0.3) is 0 Å². The Balaban J connectivity index is 2.12. The highest BCUT2D eigenvalue weighted by atomic mass is 16.5. The van der Waals surface area contributed by atoms with E-state index < -0.39 is 0 Å². The van der Waals surface area contributed by atoms with E-state index in [0.29, 0.717) is 0 Å². The number of nitrogen functional groups attached to an aromatic ring is 1. The molecule has 0 bridgehead atoms. The van der Waals surface area contributed by atoms with Crippen LogP contribution in [0.3, 0.4) is 0 Å². The molecule has 0 aliphatic heterocycles. The van der Waals surface area contributed by atoms with E-state index in [1.807, 2.05) is 42.5 Å². The summed E-state index contributed by atoms with van der Waals surface area (Å²) < 4.78 is 6.12. The monoisotopic (exact) mass is 270 g/mol. The van der Waals surface area contributed by atoms with Crippen molar-refractivity contribution in [1.82, 2.24) is 4.90 Å². The molecule has 0 radical (unpaired) electrons. The van der Waals surface area contributed by atoms with Gasteiger partial charge in [-0.05, 0) is 43.9 Å². The van der Waals surface area contributed by atoms with E-state index in [9.17, 15) is 0 Å². The minimum atomic E-state index is 0.0576. The van der Waals surface area contributed by atoms with Crippen LogP contribution < -0.4 is 10.5 Å². The van der Waals surface area contributed by atoms with Gasteiger partial charge in [-0.2, -0.15) is 0 Å². The first-order valence-corrected chi connectivity index (χ1v) is 6.87. The van der Waals surface area contributed by atoms with Crippen LogP contribution in [-0.2, 0) is 0 Å². The summed E-state index contributed by atoms with van der Waals surface area (Å²) in [5, 5.41) is 0. The summed E-state index contributed by atoms with van der Waals surface area (Å²) in [5.41, 5.74) is 7.66. The predicted octanol–water partition coefficient (Wildman–Crippen LogP) is 3.34. The van der Waals surface area contributed by atoms with Crippen molar-refractivity contribution >= 4 is 5.69 Å². The van der Waals surface area contributed by atoms with E-state index in [4.69, 9.17) is 10.5 Å². The quantitative estimate of drug-likeness (QED) is 0.818. The summed E-state index contributed by atoms with van der Waals surface area (Å²) in [7, 11) is 4.15. The molecule has 3 nitrogen and oxygen atoms in total. The van der Waals surface area contributed by atoms with Crippen molar-refractivity contribution in [1.29, 1.82) is 0 Å². The summed E-state index contributed by atoms with van der Waals surface area (Å²) in [4.78, 5) is 2.17. The molecule has 0 heterocycles. The molecule has 20 heavy (non-hydrogen) atoms. The first-order valence-electron chi connectivity index (χ1n) is 6.87. The lowest BCUT2D eigenvalue weighted by molar-refractivity contribution is 0.179. The second kappa shape index (κ2) is 6.96. The largest absolute Gasteiger partial charge is 0.486 e. The van der Waals surface area contributed by atoms with Gasteiger partial charge in [0.15, 0.2) is 0 Å². The van der Waals surface area contributed by atoms with E-state index >= 15 is 0 Å². The number of nitrogens with two attached hydrogens (primary N) is 1. The Labute approximate surface area is 121 Å².